The van der Waals surface area contributed by atoms with Crippen LogP contribution in [0, 0.1) is 6.92 Å². The molecule has 0 bridgehead atoms. The Morgan fingerprint density at radius 1 is 0.512 bits per heavy atom. The number of hydrogen-bond donors (Lipinski definition) is 0. The van der Waals surface area contributed by atoms with E-state index < -0.39 is 7.92 Å². The van der Waals surface area contributed by atoms with Gasteiger partial charge in [0.05, 0.1) is 0 Å². The molecule has 7 aromatic rings. The molecular formula is C37H29Cl2HfP. The maximum atomic E-state index is 2.35. The van der Waals surface area contributed by atoms with Crippen molar-refractivity contribution in [3.63, 3.8) is 0 Å². The Kier molecular flexibility index (Phi) is 12.3. The number of hydrogen-bond acceptors (Lipinski definition) is 0. The van der Waals surface area contributed by atoms with Crippen LogP contribution in [0.15, 0.2) is 158 Å². The van der Waals surface area contributed by atoms with Gasteiger partial charge in [0, 0.05) is 0 Å². The average molecular weight is 754 g/mol. The zero-order valence-corrected chi connectivity index (χ0v) is 28.7. The third-order valence-corrected chi connectivity index (χ3v) is 9.27. The summed E-state index contributed by atoms with van der Waals surface area (Å²) in [7, 11) is -0.493. The molecule has 0 aliphatic rings. The zero-order valence-electron chi connectivity index (χ0n) is 22.7. The van der Waals surface area contributed by atoms with Crippen molar-refractivity contribution in [1.82, 2.24) is 0 Å². The Morgan fingerprint density at radius 3 is 1.66 bits per heavy atom. The van der Waals surface area contributed by atoms with E-state index in [2.05, 4.69) is 165 Å². The van der Waals surface area contributed by atoms with Crippen molar-refractivity contribution in [3.05, 3.63) is 163 Å². The van der Waals surface area contributed by atoms with E-state index >= 15 is 0 Å². The van der Waals surface area contributed by atoms with Gasteiger partial charge in [-0.3, -0.25) is 0 Å². The summed E-state index contributed by atoms with van der Waals surface area (Å²) in [5, 5.41) is 9.57. The molecule has 7 aromatic carbocycles. The van der Waals surface area contributed by atoms with Crippen molar-refractivity contribution < 1.29 is 50.7 Å². The fourth-order valence-corrected chi connectivity index (χ4v) is 7.49. The Morgan fingerprint density at radius 2 is 1.05 bits per heavy atom. The molecule has 0 spiro atoms. The summed E-state index contributed by atoms with van der Waals surface area (Å²) in [5.74, 6) is 0. The number of rotatable bonds is 4. The van der Waals surface area contributed by atoms with Gasteiger partial charge in [0.1, 0.15) is 0 Å². The van der Waals surface area contributed by atoms with Gasteiger partial charge in [-0.1, -0.05) is 116 Å². The maximum absolute atomic E-state index is 2.35. The molecule has 0 fully saturated rings. The van der Waals surface area contributed by atoms with Crippen LogP contribution in [0.4, 0.5) is 0 Å². The van der Waals surface area contributed by atoms with E-state index in [4.69, 9.17) is 0 Å². The third-order valence-electron chi connectivity index (χ3n) is 6.87. The van der Waals surface area contributed by atoms with E-state index in [1.54, 1.807) is 0 Å². The zero-order chi connectivity index (χ0) is 25.7. The van der Waals surface area contributed by atoms with Gasteiger partial charge in [-0.25, -0.2) is 0 Å². The molecule has 0 unspecified atom stereocenters. The smallest absolute Gasteiger partial charge is 1.00 e. The van der Waals surface area contributed by atoms with Crippen molar-refractivity contribution in [2.45, 2.75) is 6.92 Å². The van der Waals surface area contributed by atoms with E-state index in [9.17, 15) is 0 Å². The topological polar surface area (TPSA) is 0 Å². The SMILES string of the molecule is Cc1cc2c(-c3ccccc3)cccc2[cH-]1.[Cl-].[Cl-].[Hf+4].c1ccc(P(c2ccccc2)c2cc3ccccc3[cH-]2)cc1. The minimum atomic E-state index is -0.493. The van der Waals surface area contributed by atoms with Crippen LogP contribution < -0.4 is 40.7 Å². The summed E-state index contributed by atoms with van der Waals surface area (Å²) < 4.78 is 0. The number of fused-ring (bicyclic) bond motifs is 2. The Bertz CT molecular complexity index is 1700. The molecule has 0 N–H and O–H groups in total. The minimum Gasteiger partial charge on any atom is -1.00 e. The summed E-state index contributed by atoms with van der Waals surface area (Å²) in [6, 6.07) is 56.6. The van der Waals surface area contributed by atoms with E-state index in [-0.39, 0.29) is 50.7 Å². The van der Waals surface area contributed by atoms with Crippen LogP contribution >= 0.6 is 7.92 Å². The summed E-state index contributed by atoms with van der Waals surface area (Å²) >= 11 is 0. The monoisotopic (exact) mass is 754 g/mol. The molecular weight excluding hydrogens is 725 g/mol. The Balaban J connectivity index is 0.000000219. The van der Waals surface area contributed by atoms with Gasteiger partial charge in [0.25, 0.3) is 0 Å². The first-order chi connectivity index (χ1) is 18.8. The van der Waals surface area contributed by atoms with E-state index in [0.717, 1.165) is 0 Å². The van der Waals surface area contributed by atoms with E-state index in [1.165, 1.54) is 54.1 Å². The van der Waals surface area contributed by atoms with Crippen molar-refractivity contribution in [3.8, 4) is 11.1 Å². The molecule has 0 amide bonds. The quantitative estimate of drug-likeness (QED) is 0.148. The fraction of sp³-hybridized carbons (Fsp3) is 0.0270. The second-order valence-electron chi connectivity index (χ2n) is 9.56. The maximum Gasteiger partial charge on any atom is 4.00 e. The summed E-state index contributed by atoms with van der Waals surface area (Å²) in [6.45, 7) is 2.15. The largest absolute Gasteiger partial charge is 4.00 e. The van der Waals surface area contributed by atoms with Crippen molar-refractivity contribution in [2.24, 2.45) is 0 Å². The second-order valence-corrected chi connectivity index (χ2v) is 11.8. The molecule has 0 atom stereocenters. The molecule has 0 aliphatic heterocycles. The third kappa shape index (κ3) is 7.54. The molecule has 0 heterocycles. The first-order valence-corrected chi connectivity index (χ1v) is 14.4. The summed E-state index contributed by atoms with van der Waals surface area (Å²) in [5.41, 5.74) is 3.95. The molecule has 4 heteroatoms. The summed E-state index contributed by atoms with van der Waals surface area (Å²) in [4.78, 5) is 0. The molecule has 0 saturated carbocycles. The first kappa shape index (κ1) is 32.7. The molecule has 0 aromatic heterocycles. The first-order valence-electron chi connectivity index (χ1n) is 13.0. The van der Waals surface area contributed by atoms with Crippen LogP contribution in [-0.2, 0) is 25.8 Å². The van der Waals surface area contributed by atoms with Crippen LogP contribution in [-0.4, -0.2) is 0 Å². The van der Waals surface area contributed by atoms with Crippen molar-refractivity contribution in [2.75, 3.05) is 0 Å². The van der Waals surface area contributed by atoms with Crippen LogP contribution in [0.5, 0.6) is 0 Å². The predicted molar refractivity (Wildman–Crippen MR) is 168 cm³/mol. The normalized spacial score (nSPS) is 10.2. The van der Waals surface area contributed by atoms with Crippen LogP contribution in [0.3, 0.4) is 0 Å². The van der Waals surface area contributed by atoms with Crippen LogP contribution in [0.2, 0.25) is 0 Å². The number of benzene rings is 5. The number of aryl methyl sites for hydroxylation is 1. The Labute approximate surface area is 275 Å². The molecule has 0 nitrogen and oxygen atoms in total. The average Bonchev–Trinajstić information content (AvgIpc) is 3.57. The van der Waals surface area contributed by atoms with Gasteiger partial charge in [-0.15, -0.1) is 74.9 Å². The summed E-state index contributed by atoms with van der Waals surface area (Å²) in [6.07, 6.45) is 0. The minimum absolute atomic E-state index is 0. The molecule has 41 heavy (non-hydrogen) atoms. The van der Waals surface area contributed by atoms with E-state index in [1.807, 2.05) is 0 Å². The molecule has 0 radical (unpaired) electrons. The number of halogens is 2. The van der Waals surface area contributed by atoms with Crippen molar-refractivity contribution >= 4 is 45.4 Å². The second kappa shape index (κ2) is 15.4. The molecule has 0 aliphatic carbocycles. The van der Waals surface area contributed by atoms with Gasteiger partial charge < -0.3 is 24.8 Å². The van der Waals surface area contributed by atoms with Gasteiger partial charge in [0.2, 0.25) is 0 Å². The molecule has 0 saturated heterocycles. The predicted octanol–water partition coefficient (Wildman–Crippen LogP) is 2.86. The van der Waals surface area contributed by atoms with Gasteiger partial charge in [-0.05, 0) is 24.1 Å². The van der Waals surface area contributed by atoms with Gasteiger partial charge in [-0.2, -0.15) is 12.1 Å². The fourth-order valence-electron chi connectivity index (χ4n) is 5.12. The van der Waals surface area contributed by atoms with Crippen LogP contribution in [0.1, 0.15) is 5.56 Å². The van der Waals surface area contributed by atoms with Crippen LogP contribution in [0.25, 0.3) is 32.7 Å². The van der Waals surface area contributed by atoms with E-state index in [0.29, 0.717) is 0 Å². The molecule has 7 rings (SSSR count). The van der Waals surface area contributed by atoms with Gasteiger partial charge in [0.15, 0.2) is 0 Å². The Hall–Kier alpha value is -2.80. The molecule has 200 valence electrons. The standard InChI is InChI=1S/C21H16P.C16H13.2ClH.Hf/c1-3-11-19(12-4-1)22(20-13-5-2-6-14-20)21-15-17-9-7-8-10-18(17)16-21;1-12-10-14-8-5-9-15(16(14)11-12)13-6-3-2-4-7-13;;;/h1-16H;2-11H,1H3;2*1H;/q2*-1;;;+4/p-2. The van der Waals surface area contributed by atoms with Gasteiger partial charge >= 0.3 is 25.8 Å². The van der Waals surface area contributed by atoms with Crippen molar-refractivity contribution in [1.29, 1.82) is 0 Å².